The van der Waals surface area contributed by atoms with Crippen molar-refractivity contribution in [2.45, 2.75) is 50.3 Å². The molecular formula is C16H19F3O3. The lowest BCUT2D eigenvalue weighted by Crippen LogP contribution is -2.45. The van der Waals surface area contributed by atoms with Crippen LogP contribution in [0.4, 0.5) is 13.2 Å². The van der Waals surface area contributed by atoms with Crippen LogP contribution in [0, 0.1) is 0 Å². The molecule has 0 saturated carbocycles. The Labute approximate surface area is 127 Å². The molecule has 1 fully saturated rings. The number of alkyl halides is 3. The van der Waals surface area contributed by atoms with Gasteiger partial charge in [0.05, 0.1) is 17.6 Å². The number of carboxylic acids is 1. The van der Waals surface area contributed by atoms with Crippen LogP contribution in [0.2, 0.25) is 0 Å². The van der Waals surface area contributed by atoms with Crippen LogP contribution in [0.3, 0.4) is 0 Å². The molecule has 0 amide bonds. The van der Waals surface area contributed by atoms with Crippen molar-refractivity contribution in [1.82, 2.24) is 0 Å². The summed E-state index contributed by atoms with van der Waals surface area (Å²) in [7, 11) is 0. The third-order valence-electron chi connectivity index (χ3n) is 4.13. The average molecular weight is 316 g/mol. The van der Waals surface area contributed by atoms with Crippen LogP contribution >= 0.6 is 0 Å². The molecule has 0 aromatic heterocycles. The van der Waals surface area contributed by atoms with Gasteiger partial charge in [-0.15, -0.1) is 0 Å². The highest BCUT2D eigenvalue weighted by Crippen LogP contribution is 2.45. The Morgan fingerprint density at radius 2 is 2.05 bits per heavy atom. The van der Waals surface area contributed by atoms with Gasteiger partial charge in [0.2, 0.25) is 0 Å². The van der Waals surface area contributed by atoms with Gasteiger partial charge in [-0.05, 0) is 38.3 Å². The van der Waals surface area contributed by atoms with E-state index in [1.54, 1.807) is 6.07 Å². The zero-order valence-corrected chi connectivity index (χ0v) is 12.5. The molecule has 0 radical (unpaired) electrons. The maximum absolute atomic E-state index is 12.9. The number of hydrogen-bond donors (Lipinski definition) is 1. The molecule has 0 bridgehead atoms. The lowest BCUT2D eigenvalue weighted by Gasteiger charge is -2.44. The zero-order chi connectivity index (χ0) is 16.6. The summed E-state index contributed by atoms with van der Waals surface area (Å²) in [6, 6.07) is 5.00. The second kappa shape index (κ2) is 5.57. The minimum Gasteiger partial charge on any atom is -0.481 e. The third-order valence-corrected chi connectivity index (χ3v) is 4.13. The van der Waals surface area contributed by atoms with Crippen LogP contribution in [0.5, 0.6) is 0 Å². The van der Waals surface area contributed by atoms with Crippen molar-refractivity contribution in [3.05, 3.63) is 35.4 Å². The Morgan fingerprint density at radius 3 is 2.59 bits per heavy atom. The van der Waals surface area contributed by atoms with E-state index in [1.165, 1.54) is 6.07 Å². The fourth-order valence-corrected chi connectivity index (χ4v) is 3.29. The Morgan fingerprint density at radius 1 is 1.36 bits per heavy atom. The summed E-state index contributed by atoms with van der Waals surface area (Å²) in [6.45, 7) is 3.99. The van der Waals surface area contributed by atoms with Crippen molar-refractivity contribution < 1.29 is 27.8 Å². The Kier molecular flexibility index (Phi) is 4.26. The second-order valence-corrected chi connectivity index (χ2v) is 6.46. The molecule has 1 aromatic carbocycles. The molecule has 6 heteroatoms. The van der Waals surface area contributed by atoms with Gasteiger partial charge in [-0.1, -0.05) is 18.2 Å². The highest BCUT2D eigenvalue weighted by molar-refractivity contribution is 5.69. The van der Waals surface area contributed by atoms with Gasteiger partial charge in [-0.3, -0.25) is 4.79 Å². The molecular weight excluding hydrogens is 297 g/mol. The van der Waals surface area contributed by atoms with E-state index < -0.39 is 28.7 Å². The van der Waals surface area contributed by atoms with Crippen LogP contribution in [-0.4, -0.2) is 23.3 Å². The third kappa shape index (κ3) is 3.61. The number of ether oxygens (including phenoxy) is 1. The molecule has 1 aromatic rings. The van der Waals surface area contributed by atoms with Crippen LogP contribution in [0.25, 0.3) is 0 Å². The Bertz CT molecular complexity index is 566. The lowest BCUT2D eigenvalue weighted by atomic mass is 9.67. The number of benzene rings is 1. The summed E-state index contributed by atoms with van der Waals surface area (Å²) in [6.07, 6.45) is -3.89. The van der Waals surface area contributed by atoms with Crippen LogP contribution in [0.15, 0.2) is 24.3 Å². The van der Waals surface area contributed by atoms with Gasteiger partial charge < -0.3 is 9.84 Å². The number of carboxylic acid groups (broad SMARTS) is 1. The van der Waals surface area contributed by atoms with E-state index in [0.29, 0.717) is 25.0 Å². The van der Waals surface area contributed by atoms with Crippen molar-refractivity contribution in [1.29, 1.82) is 0 Å². The molecule has 122 valence electrons. The first-order chi connectivity index (χ1) is 10.0. The van der Waals surface area contributed by atoms with Crippen molar-refractivity contribution in [2.75, 3.05) is 6.61 Å². The summed E-state index contributed by atoms with van der Waals surface area (Å²) in [5.41, 5.74) is -1.74. The SMILES string of the molecule is CC1(C)C[C@](CC(=O)O)(c2cccc(C(F)(F)F)c2)CCO1. The van der Waals surface area contributed by atoms with E-state index in [0.717, 1.165) is 12.1 Å². The number of rotatable bonds is 3. The first-order valence-electron chi connectivity index (χ1n) is 7.08. The molecule has 3 nitrogen and oxygen atoms in total. The summed E-state index contributed by atoms with van der Waals surface area (Å²) in [5, 5.41) is 9.23. The van der Waals surface area contributed by atoms with Crippen molar-refractivity contribution in [3.8, 4) is 0 Å². The molecule has 1 atom stereocenters. The molecule has 0 aliphatic carbocycles. The normalized spacial score (nSPS) is 25.0. The van der Waals surface area contributed by atoms with Gasteiger partial charge in [-0.2, -0.15) is 13.2 Å². The molecule has 2 rings (SSSR count). The fourth-order valence-electron chi connectivity index (χ4n) is 3.29. The minimum atomic E-state index is -4.44. The Hall–Kier alpha value is -1.56. The molecule has 22 heavy (non-hydrogen) atoms. The van der Waals surface area contributed by atoms with Crippen LogP contribution in [0.1, 0.15) is 44.2 Å². The first kappa shape index (κ1) is 16.8. The topological polar surface area (TPSA) is 46.5 Å². The summed E-state index contributed by atoms with van der Waals surface area (Å²) in [4.78, 5) is 11.3. The summed E-state index contributed by atoms with van der Waals surface area (Å²) in [5.74, 6) is -1.02. The Balaban J connectivity index is 2.48. The molecule has 1 saturated heterocycles. The number of carbonyl (C=O) groups is 1. The number of hydrogen-bond acceptors (Lipinski definition) is 2. The maximum atomic E-state index is 12.9. The van der Waals surface area contributed by atoms with Crippen LogP contribution in [-0.2, 0) is 21.1 Å². The fraction of sp³-hybridized carbons (Fsp3) is 0.562. The standard InChI is InChI=1S/C16H19F3O3/c1-14(2)10-15(6-7-22-14,9-13(20)21)11-4-3-5-12(8-11)16(17,18)19/h3-5,8H,6-7,9-10H2,1-2H3,(H,20,21)/t15-/m0/s1. The smallest absolute Gasteiger partial charge is 0.416 e. The van der Waals surface area contributed by atoms with Gasteiger partial charge in [0, 0.05) is 12.0 Å². The molecule has 0 unspecified atom stereocenters. The van der Waals surface area contributed by atoms with Gasteiger partial charge in [-0.25, -0.2) is 0 Å². The minimum absolute atomic E-state index is 0.207. The predicted octanol–water partition coefficient (Wildman–Crippen LogP) is 4.01. The summed E-state index contributed by atoms with van der Waals surface area (Å²) < 4.78 is 44.4. The van der Waals surface area contributed by atoms with E-state index in [4.69, 9.17) is 4.74 Å². The predicted molar refractivity (Wildman–Crippen MR) is 74.6 cm³/mol. The first-order valence-corrected chi connectivity index (χ1v) is 7.08. The molecule has 1 heterocycles. The number of aliphatic carboxylic acids is 1. The highest BCUT2D eigenvalue weighted by Gasteiger charge is 2.44. The maximum Gasteiger partial charge on any atom is 0.416 e. The van der Waals surface area contributed by atoms with Gasteiger partial charge in [0.1, 0.15) is 0 Å². The average Bonchev–Trinajstić information content (AvgIpc) is 2.36. The van der Waals surface area contributed by atoms with Gasteiger partial charge >= 0.3 is 12.1 Å². The molecule has 1 N–H and O–H groups in total. The lowest BCUT2D eigenvalue weighted by molar-refractivity contribution is -0.142. The second-order valence-electron chi connectivity index (χ2n) is 6.46. The van der Waals surface area contributed by atoms with Gasteiger partial charge in [0.25, 0.3) is 0 Å². The van der Waals surface area contributed by atoms with E-state index in [-0.39, 0.29) is 6.42 Å². The van der Waals surface area contributed by atoms with E-state index in [1.807, 2.05) is 13.8 Å². The van der Waals surface area contributed by atoms with E-state index in [2.05, 4.69) is 0 Å². The molecule has 1 aliphatic heterocycles. The number of halogens is 3. The summed E-state index contributed by atoms with van der Waals surface area (Å²) >= 11 is 0. The van der Waals surface area contributed by atoms with Crippen molar-refractivity contribution in [2.24, 2.45) is 0 Å². The van der Waals surface area contributed by atoms with Gasteiger partial charge in [0.15, 0.2) is 0 Å². The molecule has 0 spiro atoms. The largest absolute Gasteiger partial charge is 0.481 e. The zero-order valence-electron chi connectivity index (χ0n) is 12.5. The van der Waals surface area contributed by atoms with Crippen LogP contribution < -0.4 is 0 Å². The van der Waals surface area contributed by atoms with Crippen molar-refractivity contribution in [3.63, 3.8) is 0 Å². The molecule has 1 aliphatic rings. The monoisotopic (exact) mass is 316 g/mol. The highest BCUT2D eigenvalue weighted by atomic mass is 19.4. The van der Waals surface area contributed by atoms with E-state index in [9.17, 15) is 23.1 Å². The van der Waals surface area contributed by atoms with E-state index >= 15 is 0 Å². The quantitative estimate of drug-likeness (QED) is 0.916. The van der Waals surface area contributed by atoms with Crippen molar-refractivity contribution >= 4 is 5.97 Å².